The molecule has 2 aromatic carbocycles. The van der Waals surface area contributed by atoms with Gasteiger partial charge in [-0.2, -0.15) is 0 Å². The molecule has 0 bridgehead atoms. The van der Waals surface area contributed by atoms with E-state index in [1.165, 1.54) is 24.3 Å². The molecule has 8 nitrogen and oxygen atoms in total. The van der Waals surface area contributed by atoms with E-state index in [1.807, 2.05) is 0 Å². The predicted molar refractivity (Wildman–Crippen MR) is 105 cm³/mol. The van der Waals surface area contributed by atoms with E-state index in [-0.39, 0.29) is 35.0 Å². The summed E-state index contributed by atoms with van der Waals surface area (Å²) in [4.78, 5) is 22.3. The molecule has 0 saturated carbocycles. The smallest absolute Gasteiger partial charge is 0.338 e. The van der Waals surface area contributed by atoms with Crippen LogP contribution >= 0.6 is 0 Å². The zero-order valence-electron chi connectivity index (χ0n) is 15.5. The topological polar surface area (TPSA) is 107 Å². The van der Waals surface area contributed by atoms with Gasteiger partial charge in [0, 0.05) is 12.1 Å². The molecule has 0 aliphatic carbocycles. The molecular weight excluding hydrogens is 384 g/mol. The molecule has 2 aromatic rings. The summed E-state index contributed by atoms with van der Waals surface area (Å²) < 4.78 is 32.5. The first kappa shape index (κ1) is 21.1. The Bertz CT molecular complexity index is 1020. The first-order valence-electron chi connectivity index (χ1n) is 8.38. The average Bonchev–Trinajstić information content (AvgIpc) is 2.66. The first-order chi connectivity index (χ1) is 13.2. The van der Waals surface area contributed by atoms with E-state index in [2.05, 4.69) is 6.58 Å². The van der Waals surface area contributed by atoms with Crippen molar-refractivity contribution in [3.8, 4) is 0 Å². The van der Waals surface area contributed by atoms with Crippen LogP contribution in [0.2, 0.25) is 0 Å². The lowest BCUT2D eigenvalue weighted by atomic mass is 10.1. The molecule has 0 aromatic heterocycles. The summed E-state index contributed by atoms with van der Waals surface area (Å²) in [5.41, 5.74) is 0.577. The van der Waals surface area contributed by atoms with E-state index in [0.717, 1.165) is 10.4 Å². The third-order valence-corrected chi connectivity index (χ3v) is 5.76. The van der Waals surface area contributed by atoms with Crippen molar-refractivity contribution in [3.63, 3.8) is 0 Å². The third kappa shape index (κ3) is 4.20. The highest BCUT2D eigenvalue weighted by Crippen LogP contribution is 2.30. The minimum absolute atomic E-state index is 0.0852. The van der Waals surface area contributed by atoms with Gasteiger partial charge >= 0.3 is 5.97 Å². The Hall–Kier alpha value is -3.20. The van der Waals surface area contributed by atoms with E-state index < -0.39 is 20.9 Å². The van der Waals surface area contributed by atoms with Crippen LogP contribution in [0.3, 0.4) is 0 Å². The molecule has 28 heavy (non-hydrogen) atoms. The van der Waals surface area contributed by atoms with E-state index in [1.54, 1.807) is 32.0 Å². The van der Waals surface area contributed by atoms with Crippen LogP contribution in [0.25, 0.3) is 0 Å². The van der Waals surface area contributed by atoms with E-state index in [9.17, 15) is 23.3 Å². The second kappa shape index (κ2) is 8.66. The maximum atomic E-state index is 13.2. The molecule has 0 amide bonds. The van der Waals surface area contributed by atoms with Crippen molar-refractivity contribution < 1.29 is 22.9 Å². The number of esters is 1. The third-order valence-electron chi connectivity index (χ3n) is 3.98. The molecule has 0 radical (unpaired) electrons. The van der Waals surface area contributed by atoms with Crippen molar-refractivity contribution >= 4 is 27.4 Å². The molecule has 0 atom stereocenters. The van der Waals surface area contributed by atoms with Gasteiger partial charge in [0.05, 0.1) is 34.2 Å². The van der Waals surface area contributed by atoms with Crippen LogP contribution in [-0.2, 0) is 14.8 Å². The summed E-state index contributed by atoms with van der Waals surface area (Å²) in [6, 6.07) is 9.44. The number of sulfonamides is 1. The second-order valence-electron chi connectivity index (χ2n) is 5.75. The summed E-state index contributed by atoms with van der Waals surface area (Å²) in [5.74, 6) is -0.562. The number of ether oxygens (including phenoxy) is 1. The number of nitro groups is 1. The van der Waals surface area contributed by atoms with Crippen molar-refractivity contribution in [2.24, 2.45) is 0 Å². The van der Waals surface area contributed by atoms with Crippen LogP contribution in [0.5, 0.6) is 0 Å². The van der Waals surface area contributed by atoms with E-state index in [4.69, 9.17) is 4.74 Å². The number of benzene rings is 2. The van der Waals surface area contributed by atoms with Crippen molar-refractivity contribution in [2.45, 2.75) is 18.7 Å². The standard InChI is InChI=1S/C19H20N2O6S/c1-4-12-20(18-11-7-10-17(14(18)3)19(22)27-5-2)28(25,26)16-9-6-8-15(13-16)21(23)24/h4,6-11,13H,1,5,12H2,2-3H3. The van der Waals surface area contributed by atoms with Crippen LogP contribution in [0.15, 0.2) is 60.0 Å². The lowest BCUT2D eigenvalue weighted by molar-refractivity contribution is -0.385. The summed E-state index contributed by atoms with van der Waals surface area (Å²) in [6.45, 7) is 6.98. The van der Waals surface area contributed by atoms with Crippen molar-refractivity contribution in [3.05, 3.63) is 76.4 Å². The first-order valence-corrected chi connectivity index (χ1v) is 9.82. The molecular formula is C19H20N2O6S. The molecule has 2 rings (SSSR count). The fraction of sp³-hybridized carbons (Fsp3) is 0.211. The number of carbonyl (C=O) groups is 1. The highest BCUT2D eigenvalue weighted by molar-refractivity contribution is 7.92. The Kier molecular flexibility index (Phi) is 6.53. The number of nitrogens with zero attached hydrogens (tertiary/aromatic N) is 2. The van der Waals surface area contributed by atoms with E-state index in [0.29, 0.717) is 5.56 Å². The van der Waals surface area contributed by atoms with Crippen LogP contribution in [0, 0.1) is 17.0 Å². The normalized spacial score (nSPS) is 10.9. The lowest BCUT2D eigenvalue weighted by Crippen LogP contribution is -2.32. The fourth-order valence-electron chi connectivity index (χ4n) is 2.65. The Morgan fingerprint density at radius 2 is 1.96 bits per heavy atom. The average molecular weight is 404 g/mol. The van der Waals surface area contributed by atoms with Gasteiger partial charge in [-0.15, -0.1) is 6.58 Å². The van der Waals surface area contributed by atoms with Crippen LogP contribution < -0.4 is 4.31 Å². The number of nitro benzene ring substituents is 1. The van der Waals surface area contributed by atoms with Crippen LogP contribution in [0.4, 0.5) is 11.4 Å². The van der Waals surface area contributed by atoms with Crippen molar-refractivity contribution in [1.82, 2.24) is 0 Å². The zero-order valence-corrected chi connectivity index (χ0v) is 16.3. The minimum atomic E-state index is -4.14. The van der Waals surface area contributed by atoms with Crippen LogP contribution in [-0.4, -0.2) is 32.5 Å². The maximum Gasteiger partial charge on any atom is 0.338 e. The molecule has 0 unspecified atom stereocenters. The van der Waals surface area contributed by atoms with Crippen LogP contribution in [0.1, 0.15) is 22.8 Å². The van der Waals surface area contributed by atoms with Gasteiger partial charge in [-0.05, 0) is 37.6 Å². The summed E-state index contributed by atoms with van der Waals surface area (Å²) in [6.07, 6.45) is 1.39. The van der Waals surface area contributed by atoms with Gasteiger partial charge in [0.1, 0.15) is 0 Å². The fourth-order valence-corrected chi connectivity index (χ4v) is 4.18. The van der Waals surface area contributed by atoms with E-state index >= 15 is 0 Å². The molecule has 148 valence electrons. The molecule has 9 heteroatoms. The van der Waals surface area contributed by atoms with Gasteiger partial charge in [0.2, 0.25) is 0 Å². The SMILES string of the molecule is C=CCN(c1cccc(C(=O)OCC)c1C)S(=O)(=O)c1cccc([N+](=O)[O-])c1. The largest absolute Gasteiger partial charge is 0.462 e. The number of non-ortho nitro benzene ring substituents is 1. The molecule has 0 N–H and O–H groups in total. The van der Waals surface area contributed by atoms with Gasteiger partial charge in [-0.25, -0.2) is 13.2 Å². The highest BCUT2D eigenvalue weighted by Gasteiger charge is 2.28. The lowest BCUT2D eigenvalue weighted by Gasteiger charge is -2.25. The Labute approximate surface area is 163 Å². The molecule has 0 saturated heterocycles. The van der Waals surface area contributed by atoms with Crippen molar-refractivity contribution in [1.29, 1.82) is 0 Å². The highest BCUT2D eigenvalue weighted by atomic mass is 32.2. The Morgan fingerprint density at radius 1 is 1.29 bits per heavy atom. The molecule has 0 spiro atoms. The molecule has 0 aliphatic rings. The Morgan fingerprint density at radius 3 is 2.57 bits per heavy atom. The monoisotopic (exact) mass is 404 g/mol. The quantitative estimate of drug-likeness (QED) is 0.289. The number of hydrogen-bond donors (Lipinski definition) is 0. The van der Waals surface area contributed by atoms with Gasteiger partial charge in [-0.3, -0.25) is 14.4 Å². The number of carbonyl (C=O) groups excluding carboxylic acids is 1. The Balaban J connectivity index is 2.61. The van der Waals surface area contributed by atoms with Gasteiger partial charge in [0.25, 0.3) is 15.7 Å². The summed E-state index contributed by atoms with van der Waals surface area (Å²) in [5, 5.41) is 11.0. The van der Waals surface area contributed by atoms with Gasteiger partial charge < -0.3 is 4.74 Å². The molecule has 0 fully saturated rings. The summed E-state index contributed by atoms with van der Waals surface area (Å²) in [7, 11) is -4.14. The number of hydrogen-bond acceptors (Lipinski definition) is 6. The van der Waals surface area contributed by atoms with Gasteiger partial charge in [-0.1, -0.05) is 18.2 Å². The predicted octanol–water partition coefficient (Wildman–Crippen LogP) is 3.46. The molecule has 0 heterocycles. The molecule has 0 aliphatic heterocycles. The second-order valence-corrected chi connectivity index (χ2v) is 7.61. The summed E-state index contributed by atoms with van der Waals surface area (Å²) >= 11 is 0. The number of rotatable bonds is 8. The minimum Gasteiger partial charge on any atom is -0.462 e. The number of anilines is 1. The zero-order chi connectivity index (χ0) is 20.9. The maximum absolute atomic E-state index is 13.2. The van der Waals surface area contributed by atoms with Crippen molar-refractivity contribution in [2.75, 3.05) is 17.5 Å². The van der Waals surface area contributed by atoms with Gasteiger partial charge in [0.15, 0.2) is 0 Å².